The Morgan fingerprint density at radius 1 is 1.11 bits per heavy atom. The van der Waals surface area contributed by atoms with Crippen molar-refractivity contribution >= 4 is 5.57 Å². The van der Waals surface area contributed by atoms with Crippen LogP contribution in [0.15, 0.2) is 24.3 Å². The molecule has 1 aliphatic carbocycles. The Balaban J connectivity index is 2.43. The van der Waals surface area contributed by atoms with Gasteiger partial charge in [-0.1, -0.05) is 39.8 Å². The Bertz CT molecular complexity index is 506. The van der Waals surface area contributed by atoms with E-state index in [-0.39, 0.29) is 5.41 Å². The second kappa shape index (κ2) is 4.70. The Morgan fingerprint density at radius 2 is 1.79 bits per heavy atom. The number of benzene rings is 1. The molecule has 1 aliphatic rings. The first-order chi connectivity index (χ1) is 8.72. The summed E-state index contributed by atoms with van der Waals surface area (Å²) in [6, 6.07) is 6.40. The molecule has 1 heteroatoms. The Kier molecular flexibility index (Phi) is 3.51. The van der Waals surface area contributed by atoms with Gasteiger partial charge in [0.05, 0.1) is 7.11 Å². The Labute approximate surface area is 117 Å². The summed E-state index contributed by atoms with van der Waals surface area (Å²) in [5.74, 6) is 0.941. The fourth-order valence-corrected chi connectivity index (χ4v) is 3.68. The maximum atomic E-state index is 5.30. The summed E-state index contributed by atoms with van der Waals surface area (Å²) in [6.07, 6.45) is 4.87. The summed E-state index contributed by atoms with van der Waals surface area (Å²) in [4.78, 5) is 0. The van der Waals surface area contributed by atoms with Crippen LogP contribution in [0.2, 0.25) is 0 Å². The molecule has 19 heavy (non-hydrogen) atoms. The van der Waals surface area contributed by atoms with Crippen LogP contribution < -0.4 is 4.74 Å². The van der Waals surface area contributed by atoms with Crippen LogP contribution in [0.3, 0.4) is 0 Å². The number of aryl methyl sites for hydroxylation is 1. The Morgan fingerprint density at radius 3 is 2.32 bits per heavy atom. The van der Waals surface area contributed by atoms with E-state index in [1.807, 2.05) is 0 Å². The zero-order valence-electron chi connectivity index (χ0n) is 13.1. The van der Waals surface area contributed by atoms with Gasteiger partial charge in [0.1, 0.15) is 5.75 Å². The van der Waals surface area contributed by atoms with E-state index >= 15 is 0 Å². The van der Waals surface area contributed by atoms with Crippen LogP contribution in [0.25, 0.3) is 5.57 Å². The average Bonchev–Trinajstić information content (AvgIpc) is 2.24. The molecule has 0 saturated carbocycles. The lowest BCUT2D eigenvalue weighted by Gasteiger charge is -2.39. The lowest BCUT2D eigenvalue weighted by atomic mass is 9.65. The van der Waals surface area contributed by atoms with Crippen molar-refractivity contribution < 1.29 is 4.74 Å². The van der Waals surface area contributed by atoms with Gasteiger partial charge in [-0.05, 0) is 59.4 Å². The van der Waals surface area contributed by atoms with Gasteiger partial charge >= 0.3 is 0 Å². The molecule has 0 unspecified atom stereocenters. The average molecular weight is 258 g/mol. The first-order valence-electron chi connectivity index (χ1n) is 7.09. The number of methoxy groups -OCH3 is 1. The van der Waals surface area contributed by atoms with E-state index in [1.165, 1.54) is 23.1 Å². The van der Waals surface area contributed by atoms with E-state index in [9.17, 15) is 0 Å². The summed E-state index contributed by atoms with van der Waals surface area (Å²) >= 11 is 0. The Hall–Kier alpha value is -1.24. The third kappa shape index (κ3) is 3.20. The summed E-state index contributed by atoms with van der Waals surface area (Å²) in [7, 11) is 1.72. The lowest BCUT2D eigenvalue weighted by Crippen LogP contribution is -2.26. The van der Waals surface area contributed by atoms with Crippen molar-refractivity contribution in [3.63, 3.8) is 0 Å². The molecule has 2 rings (SSSR count). The van der Waals surface area contributed by atoms with Crippen molar-refractivity contribution in [2.45, 2.75) is 47.5 Å². The highest BCUT2D eigenvalue weighted by molar-refractivity contribution is 5.70. The van der Waals surface area contributed by atoms with E-state index in [2.05, 4.69) is 58.9 Å². The minimum atomic E-state index is 0.281. The molecule has 0 fully saturated rings. The number of hydrogen-bond acceptors (Lipinski definition) is 1. The molecule has 0 aliphatic heterocycles. The van der Waals surface area contributed by atoms with Gasteiger partial charge < -0.3 is 4.74 Å². The van der Waals surface area contributed by atoms with E-state index in [4.69, 9.17) is 4.74 Å². The predicted molar refractivity (Wildman–Crippen MR) is 82.5 cm³/mol. The topological polar surface area (TPSA) is 9.23 Å². The van der Waals surface area contributed by atoms with Gasteiger partial charge in [0.25, 0.3) is 0 Å². The van der Waals surface area contributed by atoms with Crippen molar-refractivity contribution in [3.05, 3.63) is 35.4 Å². The first-order valence-corrected chi connectivity index (χ1v) is 7.09. The zero-order chi connectivity index (χ0) is 14.3. The zero-order valence-corrected chi connectivity index (χ0v) is 13.1. The highest BCUT2D eigenvalue weighted by atomic mass is 16.5. The number of allylic oxidation sites excluding steroid dienone is 2. The van der Waals surface area contributed by atoms with Crippen LogP contribution in [0, 0.1) is 17.8 Å². The molecule has 0 saturated heterocycles. The maximum Gasteiger partial charge on any atom is 0.119 e. The second-order valence-corrected chi connectivity index (χ2v) is 7.36. The SMILES string of the molecule is COc1ccc(C2=CC(C)(C)CC(C)(C)C2)c(C)c1. The molecule has 1 aromatic carbocycles. The molecule has 1 nitrogen and oxygen atoms in total. The van der Waals surface area contributed by atoms with Crippen molar-refractivity contribution in [1.29, 1.82) is 0 Å². The second-order valence-electron chi connectivity index (χ2n) is 7.36. The molecule has 0 N–H and O–H groups in total. The summed E-state index contributed by atoms with van der Waals surface area (Å²) in [5.41, 5.74) is 4.82. The van der Waals surface area contributed by atoms with Crippen molar-refractivity contribution in [3.8, 4) is 5.75 Å². The molecule has 0 spiro atoms. The van der Waals surface area contributed by atoms with Gasteiger partial charge in [0.15, 0.2) is 0 Å². The summed E-state index contributed by atoms with van der Waals surface area (Å²) < 4.78 is 5.30. The van der Waals surface area contributed by atoms with Gasteiger partial charge in [-0.25, -0.2) is 0 Å². The van der Waals surface area contributed by atoms with Crippen LogP contribution in [0.4, 0.5) is 0 Å². The monoisotopic (exact) mass is 258 g/mol. The maximum absolute atomic E-state index is 5.30. The lowest BCUT2D eigenvalue weighted by molar-refractivity contribution is 0.228. The van der Waals surface area contributed by atoms with Gasteiger partial charge in [-0.3, -0.25) is 0 Å². The van der Waals surface area contributed by atoms with Crippen LogP contribution in [-0.2, 0) is 0 Å². The van der Waals surface area contributed by atoms with Crippen molar-refractivity contribution in [2.24, 2.45) is 10.8 Å². The van der Waals surface area contributed by atoms with Crippen molar-refractivity contribution in [2.75, 3.05) is 7.11 Å². The number of ether oxygens (including phenoxy) is 1. The molecule has 0 radical (unpaired) electrons. The van der Waals surface area contributed by atoms with Crippen LogP contribution >= 0.6 is 0 Å². The summed E-state index contributed by atoms with van der Waals surface area (Å²) in [6.45, 7) is 11.6. The molecule has 1 aromatic rings. The molecule has 0 atom stereocenters. The molecule has 104 valence electrons. The van der Waals surface area contributed by atoms with Crippen LogP contribution in [-0.4, -0.2) is 7.11 Å². The highest BCUT2D eigenvalue weighted by Crippen LogP contribution is 2.47. The molecule has 0 aromatic heterocycles. The normalized spacial score (nSPS) is 20.8. The van der Waals surface area contributed by atoms with E-state index in [0.717, 1.165) is 12.2 Å². The predicted octanol–water partition coefficient (Wildman–Crippen LogP) is 5.23. The van der Waals surface area contributed by atoms with Gasteiger partial charge in [0.2, 0.25) is 0 Å². The van der Waals surface area contributed by atoms with E-state index in [0.29, 0.717) is 5.41 Å². The van der Waals surface area contributed by atoms with Crippen molar-refractivity contribution in [1.82, 2.24) is 0 Å². The molecular weight excluding hydrogens is 232 g/mol. The van der Waals surface area contributed by atoms with Crippen LogP contribution in [0.1, 0.15) is 51.7 Å². The molecule has 0 heterocycles. The molecular formula is C18H26O. The molecule has 0 amide bonds. The fourth-order valence-electron chi connectivity index (χ4n) is 3.68. The summed E-state index contributed by atoms with van der Waals surface area (Å²) in [5, 5.41) is 0. The third-order valence-corrected chi connectivity index (χ3v) is 3.95. The quantitative estimate of drug-likeness (QED) is 0.705. The number of hydrogen-bond donors (Lipinski definition) is 0. The molecule has 0 bridgehead atoms. The van der Waals surface area contributed by atoms with Gasteiger partial charge in [-0.2, -0.15) is 0 Å². The highest BCUT2D eigenvalue weighted by Gasteiger charge is 2.33. The smallest absolute Gasteiger partial charge is 0.119 e. The fraction of sp³-hybridized carbons (Fsp3) is 0.556. The third-order valence-electron chi connectivity index (χ3n) is 3.95. The van der Waals surface area contributed by atoms with E-state index < -0.39 is 0 Å². The largest absolute Gasteiger partial charge is 0.497 e. The first kappa shape index (κ1) is 14.2. The minimum absolute atomic E-state index is 0.281. The van der Waals surface area contributed by atoms with Crippen LogP contribution in [0.5, 0.6) is 5.75 Å². The number of rotatable bonds is 2. The van der Waals surface area contributed by atoms with E-state index in [1.54, 1.807) is 7.11 Å². The minimum Gasteiger partial charge on any atom is -0.497 e. The standard InChI is InChI=1S/C18H26O/c1-13-9-15(19-6)7-8-16(13)14-10-17(2,3)12-18(4,5)11-14/h7-10H,11-12H2,1-6H3. The van der Waals surface area contributed by atoms with Gasteiger partial charge in [-0.15, -0.1) is 0 Å². The van der Waals surface area contributed by atoms with Gasteiger partial charge in [0, 0.05) is 0 Å².